The van der Waals surface area contributed by atoms with E-state index >= 15 is 0 Å². The Hall–Kier alpha value is -1.65. The normalized spacial score (nSPS) is 12.9. The van der Waals surface area contributed by atoms with Crippen molar-refractivity contribution in [2.45, 2.75) is 37.2 Å². The fourth-order valence-electron chi connectivity index (χ4n) is 2.53. The highest BCUT2D eigenvalue weighted by Gasteiger charge is 2.19. The van der Waals surface area contributed by atoms with Crippen LogP contribution in [-0.4, -0.2) is 23.1 Å². The van der Waals surface area contributed by atoms with Crippen LogP contribution in [0.2, 0.25) is 0 Å². The van der Waals surface area contributed by atoms with E-state index in [0.717, 1.165) is 23.6 Å². The van der Waals surface area contributed by atoms with Crippen LogP contribution in [0.5, 0.6) is 5.75 Å². The number of nitrogens with one attached hydrogen (secondary N) is 1. The van der Waals surface area contributed by atoms with Crippen molar-refractivity contribution in [1.82, 2.24) is 5.32 Å². The van der Waals surface area contributed by atoms with Gasteiger partial charge in [-0.1, -0.05) is 30.3 Å². The van der Waals surface area contributed by atoms with Crippen molar-refractivity contribution in [1.29, 1.82) is 0 Å². The maximum absolute atomic E-state index is 11.4. The average molecular weight is 331 g/mol. The molecule has 2 aromatic carbocycles. The number of para-hydroxylation sites is 1. The van der Waals surface area contributed by atoms with E-state index in [-0.39, 0.29) is 5.54 Å². The number of hydrogen-bond acceptors (Lipinski definition) is 3. The van der Waals surface area contributed by atoms with Gasteiger partial charge in [0.25, 0.3) is 0 Å². The molecule has 2 aromatic rings. The summed E-state index contributed by atoms with van der Waals surface area (Å²) >= 11 is 0. The topological polar surface area (TPSA) is 38.3 Å². The summed E-state index contributed by atoms with van der Waals surface area (Å²) in [6.45, 7) is 5.16. The zero-order valence-corrected chi connectivity index (χ0v) is 15.1. The lowest BCUT2D eigenvalue weighted by atomic mass is 9.94. The molecular formula is C19H25NO2S. The first-order chi connectivity index (χ1) is 10.9. The second-order valence-corrected chi connectivity index (χ2v) is 7.70. The van der Waals surface area contributed by atoms with Gasteiger partial charge in [0.2, 0.25) is 0 Å². The van der Waals surface area contributed by atoms with Gasteiger partial charge in [-0.05, 0) is 49.6 Å². The fraction of sp³-hybridized carbons (Fsp3) is 0.368. The summed E-state index contributed by atoms with van der Waals surface area (Å²) in [7, 11) is 0.784. The molecule has 3 nitrogen and oxygen atoms in total. The molecule has 0 aliphatic carbocycles. The average Bonchev–Trinajstić information content (AvgIpc) is 2.53. The molecule has 0 fully saturated rings. The molecule has 0 saturated heterocycles. The minimum absolute atomic E-state index is 0.0547. The Morgan fingerprint density at radius 2 is 1.74 bits per heavy atom. The molecule has 1 N–H and O–H groups in total. The molecule has 0 aliphatic rings. The Morgan fingerprint density at radius 3 is 2.35 bits per heavy atom. The first kappa shape index (κ1) is 17.7. The molecular weight excluding hydrogens is 306 g/mol. The van der Waals surface area contributed by atoms with Crippen LogP contribution in [0.25, 0.3) is 0 Å². The van der Waals surface area contributed by atoms with E-state index in [1.54, 1.807) is 13.4 Å². The number of rotatable bonds is 7. The van der Waals surface area contributed by atoms with Crippen LogP contribution in [0.15, 0.2) is 53.4 Å². The lowest BCUT2D eigenvalue weighted by Crippen LogP contribution is -2.40. The maximum atomic E-state index is 11.4. The molecule has 0 aromatic heterocycles. The third kappa shape index (κ3) is 5.19. The predicted octanol–water partition coefficient (Wildman–Crippen LogP) is 3.54. The highest BCUT2D eigenvalue weighted by Crippen LogP contribution is 2.23. The zero-order valence-electron chi connectivity index (χ0n) is 14.3. The van der Waals surface area contributed by atoms with Crippen LogP contribution in [0.1, 0.15) is 25.0 Å². The van der Waals surface area contributed by atoms with E-state index in [2.05, 4.69) is 25.2 Å². The molecule has 4 heteroatoms. The van der Waals surface area contributed by atoms with Crippen molar-refractivity contribution in [3.05, 3.63) is 59.7 Å². The van der Waals surface area contributed by atoms with Crippen molar-refractivity contribution < 1.29 is 8.95 Å². The molecule has 0 bridgehead atoms. The van der Waals surface area contributed by atoms with E-state index in [9.17, 15) is 4.21 Å². The van der Waals surface area contributed by atoms with Gasteiger partial charge in [0, 0.05) is 34.0 Å². The molecule has 0 heterocycles. The molecule has 2 rings (SSSR count). The van der Waals surface area contributed by atoms with E-state index in [1.165, 1.54) is 11.1 Å². The Labute approximate surface area is 141 Å². The van der Waals surface area contributed by atoms with E-state index < -0.39 is 10.8 Å². The zero-order chi connectivity index (χ0) is 16.9. The molecule has 0 saturated carbocycles. The van der Waals surface area contributed by atoms with Gasteiger partial charge in [-0.15, -0.1) is 0 Å². The Balaban J connectivity index is 1.99. The number of ether oxygens (including phenoxy) is 1. The molecule has 1 atom stereocenters. The minimum atomic E-state index is -0.923. The van der Waals surface area contributed by atoms with E-state index in [0.29, 0.717) is 0 Å². The quantitative estimate of drug-likeness (QED) is 0.843. The van der Waals surface area contributed by atoms with Crippen LogP contribution in [-0.2, 0) is 23.8 Å². The summed E-state index contributed by atoms with van der Waals surface area (Å²) in [6.07, 6.45) is 2.58. The first-order valence-electron chi connectivity index (χ1n) is 7.70. The molecule has 23 heavy (non-hydrogen) atoms. The molecule has 0 spiro atoms. The van der Waals surface area contributed by atoms with Crippen LogP contribution in [0, 0.1) is 0 Å². The summed E-state index contributed by atoms with van der Waals surface area (Å²) in [5.74, 6) is 0.928. The van der Waals surface area contributed by atoms with Gasteiger partial charge in [-0.2, -0.15) is 0 Å². The summed E-state index contributed by atoms with van der Waals surface area (Å²) in [4.78, 5) is 0.863. The van der Waals surface area contributed by atoms with Crippen LogP contribution in [0.3, 0.4) is 0 Å². The van der Waals surface area contributed by atoms with E-state index in [1.807, 2.05) is 42.5 Å². The van der Waals surface area contributed by atoms with Crippen molar-refractivity contribution in [2.24, 2.45) is 0 Å². The van der Waals surface area contributed by atoms with Gasteiger partial charge in [0.05, 0.1) is 7.11 Å². The number of benzene rings is 2. The third-order valence-corrected chi connectivity index (χ3v) is 4.79. The van der Waals surface area contributed by atoms with Crippen LogP contribution < -0.4 is 10.1 Å². The predicted molar refractivity (Wildman–Crippen MR) is 96.4 cm³/mol. The van der Waals surface area contributed by atoms with Crippen molar-refractivity contribution in [3.8, 4) is 5.75 Å². The summed E-state index contributed by atoms with van der Waals surface area (Å²) in [5, 5.41) is 3.59. The Bertz CT molecular complexity index is 665. The molecule has 0 aliphatic heterocycles. The number of methoxy groups -OCH3 is 1. The van der Waals surface area contributed by atoms with Crippen LogP contribution >= 0.6 is 0 Å². The first-order valence-corrected chi connectivity index (χ1v) is 9.26. The summed E-state index contributed by atoms with van der Waals surface area (Å²) < 4.78 is 16.9. The third-order valence-electron chi connectivity index (χ3n) is 3.85. The van der Waals surface area contributed by atoms with Gasteiger partial charge in [0.1, 0.15) is 5.75 Å². The van der Waals surface area contributed by atoms with Crippen molar-refractivity contribution >= 4 is 10.8 Å². The highest BCUT2D eigenvalue weighted by atomic mass is 32.2. The number of hydrogen-bond donors (Lipinski definition) is 1. The molecule has 124 valence electrons. The smallest absolute Gasteiger partial charge is 0.122 e. The summed E-state index contributed by atoms with van der Waals surface area (Å²) in [5.41, 5.74) is 2.33. The van der Waals surface area contributed by atoms with Crippen molar-refractivity contribution in [3.63, 3.8) is 0 Å². The SMILES string of the molecule is COc1ccccc1CC(C)(C)NCc1ccc(S(C)=O)cc1. The standard InChI is InChI=1S/C19H25NO2S/c1-19(2,13-16-7-5-6-8-18(16)22-3)20-14-15-9-11-17(12-10-15)23(4)21/h5-12,20H,13-14H2,1-4H3. The van der Waals surface area contributed by atoms with Gasteiger partial charge in [0.15, 0.2) is 0 Å². The molecule has 0 amide bonds. The second-order valence-electron chi connectivity index (χ2n) is 6.32. The van der Waals surface area contributed by atoms with Gasteiger partial charge in [-0.25, -0.2) is 0 Å². The highest BCUT2D eigenvalue weighted by molar-refractivity contribution is 7.84. The fourth-order valence-corrected chi connectivity index (χ4v) is 3.05. The minimum Gasteiger partial charge on any atom is -0.496 e. The maximum Gasteiger partial charge on any atom is 0.122 e. The summed E-state index contributed by atoms with van der Waals surface area (Å²) in [6, 6.07) is 16.1. The van der Waals surface area contributed by atoms with Gasteiger partial charge < -0.3 is 10.1 Å². The van der Waals surface area contributed by atoms with E-state index in [4.69, 9.17) is 4.74 Å². The Morgan fingerprint density at radius 1 is 1.09 bits per heavy atom. The van der Waals surface area contributed by atoms with Crippen molar-refractivity contribution in [2.75, 3.05) is 13.4 Å². The second kappa shape index (κ2) is 7.75. The van der Waals surface area contributed by atoms with Gasteiger partial charge in [-0.3, -0.25) is 4.21 Å². The monoisotopic (exact) mass is 331 g/mol. The van der Waals surface area contributed by atoms with Crippen LogP contribution in [0.4, 0.5) is 0 Å². The lowest BCUT2D eigenvalue weighted by molar-refractivity contribution is 0.367. The largest absolute Gasteiger partial charge is 0.496 e. The molecule has 1 unspecified atom stereocenters. The molecule has 0 radical (unpaired) electrons. The lowest BCUT2D eigenvalue weighted by Gasteiger charge is -2.27. The Kier molecular flexibility index (Phi) is 5.97. The van der Waals surface area contributed by atoms with Gasteiger partial charge >= 0.3 is 0 Å².